The summed E-state index contributed by atoms with van der Waals surface area (Å²) in [7, 11) is 0. The van der Waals surface area contributed by atoms with Gasteiger partial charge in [-0.15, -0.1) is 0 Å². The maximum Gasteiger partial charge on any atom is 0.238 e. The van der Waals surface area contributed by atoms with Crippen LogP contribution in [0.2, 0.25) is 0 Å². The van der Waals surface area contributed by atoms with Crippen LogP contribution in [0.15, 0.2) is 30.3 Å². The number of amides is 3. The van der Waals surface area contributed by atoms with E-state index in [-0.39, 0.29) is 41.6 Å². The normalized spacial score (nSPS) is 14.2. The van der Waals surface area contributed by atoms with E-state index in [1.165, 1.54) is 6.42 Å². The zero-order chi connectivity index (χ0) is 18.8. The van der Waals surface area contributed by atoms with Crippen molar-refractivity contribution in [2.45, 2.75) is 44.9 Å². The van der Waals surface area contributed by atoms with E-state index in [9.17, 15) is 14.4 Å². The number of nitrogens with one attached hydrogen (secondary N) is 4. The minimum absolute atomic E-state index is 0.00481. The molecule has 1 aliphatic rings. The third kappa shape index (κ3) is 7.18. The highest BCUT2D eigenvalue weighted by Gasteiger charge is 2.21. The molecule has 1 aliphatic carbocycles. The van der Waals surface area contributed by atoms with Crippen LogP contribution < -0.4 is 21.5 Å². The number of rotatable bonds is 5. The predicted octanol–water partition coefficient (Wildman–Crippen LogP) is 2.01. The van der Waals surface area contributed by atoms with Crippen molar-refractivity contribution in [3.63, 3.8) is 0 Å². The molecule has 4 N–H and O–H groups in total. The second kappa shape index (κ2) is 10.5. The van der Waals surface area contributed by atoms with Crippen molar-refractivity contribution in [2.24, 2.45) is 5.92 Å². The van der Waals surface area contributed by atoms with Crippen LogP contribution in [0.4, 0.5) is 5.69 Å². The Morgan fingerprint density at radius 3 is 2.27 bits per heavy atom. The fourth-order valence-electron chi connectivity index (χ4n) is 2.77. The monoisotopic (exact) mass is 376 g/mol. The van der Waals surface area contributed by atoms with Crippen LogP contribution >= 0.6 is 12.2 Å². The van der Waals surface area contributed by atoms with Crippen LogP contribution in [0.3, 0.4) is 0 Å². The summed E-state index contributed by atoms with van der Waals surface area (Å²) in [4.78, 5) is 35.6. The number of hydrogen-bond donors (Lipinski definition) is 4. The smallest absolute Gasteiger partial charge is 0.238 e. The number of anilines is 1. The molecular formula is C18H24N4O3S. The van der Waals surface area contributed by atoms with Gasteiger partial charge in [0, 0.05) is 24.4 Å². The number of carbonyl (C=O) groups is 3. The van der Waals surface area contributed by atoms with E-state index in [4.69, 9.17) is 12.2 Å². The average molecular weight is 376 g/mol. The van der Waals surface area contributed by atoms with Gasteiger partial charge in [0.2, 0.25) is 17.7 Å². The van der Waals surface area contributed by atoms with E-state index in [1.807, 2.05) is 18.2 Å². The lowest BCUT2D eigenvalue weighted by molar-refractivity contribution is -0.125. The minimum Gasteiger partial charge on any atom is -0.326 e. The molecule has 0 radical (unpaired) electrons. The van der Waals surface area contributed by atoms with E-state index in [0.717, 1.165) is 25.7 Å². The lowest BCUT2D eigenvalue weighted by Gasteiger charge is -2.21. The van der Waals surface area contributed by atoms with E-state index in [2.05, 4.69) is 21.5 Å². The first-order valence-electron chi connectivity index (χ1n) is 8.79. The molecule has 0 saturated heterocycles. The topological polar surface area (TPSA) is 99.3 Å². The van der Waals surface area contributed by atoms with Gasteiger partial charge in [-0.25, -0.2) is 0 Å². The largest absolute Gasteiger partial charge is 0.326 e. The Kier molecular flexibility index (Phi) is 8.01. The van der Waals surface area contributed by atoms with Crippen molar-refractivity contribution in [3.05, 3.63) is 30.3 Å². The summed E-state index contributed by atoms with van der Waals surface area (Å²) in [6.45, 7) is 0. The molecule has 0 aliphatic heterocycles. The summed E-state index contributed by atoms with van der Waals surface area (Å²) in [6, 6.07) is 9.02. The van der Waals surface area contributed by atoms with Crippen LogP contribution in [0.5, 0.6) is 0 Å². The highest BCUT2D eigenvalue weighted by molar-refractivity contribution is 7.80. The Balaban J connectivity index is 1.61. The van der Waals surface area contributed by atoms with E-state index < -0.39 is 0 Å². The first-order valence-corrected chi connectivity index (χ1v) is 9.20. The molecule has 1 saturated carbocycles. The van der Waals surface area contributed by atoms with Crippen molar-refractivity contribution in [3.8, 4) is 0 Å². The molecule has 26 heavy (non-hydrogen) atoms. The fourth-order valence-corrected chi connectivity index (χ4v) is 2.92. The molecule has 0 aromatic heterocycles. The number of hydrogen-bond acceptors (Lipinski definition) is 4. The molecule has 0 heterocycles. The maximum atomic E-state index is 12.0. The first-order chi connectivity index (χ1) is 12.5. The maximum absolute atomic E-state index is 12.0. The summed E-state index contributed by atoms with van der Waals surface area (Å²) >= 11 is 5.00. The second-order valence-electron chi connectivity index (χ2n) is 6.24. The van der Waals surface area contributed by atoms with Crippen LogP contribution in [0.25, 0.3) is 0 Å². The van der Waals surface area contributed by atoms with Crippen LogP contribution in [-0.2, 0) is 14.4 Å². The van der Waals surface area contributed by atoms with Gasteiger partial charge in [-0.1, -0.05) is 37.5 Å². The van der Waals surface area contributed by atoms with E-state index in [1.54, 1.807) is 12.1 Å². The van der Waals surface area contributed by atoms with Crippen molar-refractivity contribution >= 4 is 40.7 Å². The zero-order valence-electron chi connectivity index (χ0n) is 14.5. The van der Waals surface area contributed by atoms with Gasteiger partial charge in [0.05, 0.1) is 0 Å². The van der Waals surface area contributed by atoms with Gasteiger partial charge in [0.15, 0.2) is 5.11 Å². The minimum atomic E-state index is -0.387. The van der Waals surface area contributed by atoms with Crippen LogP contribution in [0.1, 0.15) is 44.9 Å². The lowest BCUT2D eigenvalue weighted by Crippen LogP contribution is -2.49. The van der Waals surface area contributed by atoms with Crippen molar-refractivity contribution < 1.29 is 14.4 Å². The third-order valence-corrected chi connectivity index (χ3v) is 4.37. The third-order valence-electron chi connectivity index (χ3n) is 4.16. The Bertz CT molecular complexity index is 645. The zero-order valence-corrected chi connectivity index (χ0v) is 15.4. The molecule has 2 rings (SSSR count). The van der Waals surface area contributed by atoms with Gasteiger partial charge in [-0.2, -0.15) is 0 Å². The molecule has 3 amide bonds. The van der Waals surface area contributed by atoms with Gasteiger partial charge >= 0.3 is 0 Å². The van der Waals surface area contributed by atoms with E-state index in [0.29, 0.717) is 5.69 Å². The van der Waals surface area contributed by atoms with Gasteiger partial charge in [-0.05, 0) is 37.2 Å². The lowest BCUT2D eigenvalue weighted by atomic mass is 9.89. The molecule has 0 spiro atoms. The number of thiocarbonyl (C=S) groups is 1. The Hall–Kier alpha value is -2.48. The number of hydrazine groups is 1. The van der Waals surface area contributed by atoms with Crippen molar-refractivity contribution in [1.29, 1.82) is 0 Å². The number of carbonyl (C=O) groups excluding carboxylic acids is 3. The SMILES string of the molecule is O=C(CCC(=O)Nc1ccccc1)NNC(=S)NC(=O)C1CCCCC1. The van der Waals surface area contributed by atoms with Gasteiger partial charge in [-0.3, -0.25) is 25.2 Å². The molecule has 1 aromatic rings. The van der Waals surface area contributed by atoms with Crippen molar-refractivity contribution in [2.75, 3.05) is 5.32 Å². The van der Waals surface area contributed by atoms with Gasteiger partial charge in [0.25, 0.3) is 0 Å². The molecule has 0 atom stereocenters. The summed E-state index contributed by atoms with van der Waals surface area (Å²) in [6.07, 6.45) is 5.07. The molecule has 8 heteroatoms. The fraction of sp³-hybridized carbons (Fsp3) is 0.444. The second-order valence-corrected chi connectivity index (χ2v) is 6.65. The quantitative estimate of drug-likeness (QED) is 0.465. The first kappa shape index (κ1) is 19.8. The molecule has 1 aromatic carbocycles. The van der Waals surface area contributed by atoms with E-state index >= 15 is 0 Å². The Morgan fingerprint density at radius 1 is 0.923 bits per heavy atom. The van der Waals surface area contributed by atoms with Gasteiger partial charge in [0.1, 0.15) is 0 Å². The average Bonchev–Trinajstić information content (AvgIpc) is 2.66. The summed E-state index contributed by atoms with van der Waals surface area (Å²) in [5.74, 6) is -0.762. The Labute approximate surface area is 158 Å². The molecule has 140 valence electrons. The highest BCUT2D eigenvalue weighted by atomic mass is 32.1. The summed E-state index contributed by atoms with van der Waals surface area (Å²) < 4.78 is 0. The summed E-state index contributed by atoms with van der Waals surface area (Å²) in [5.41, 5.74) is 5.56. The summed E-state index contributed by atoms with van der Waals surface area (Å²) in [5, 5.41) is 5.35. The predicted molar refractivity (Wildman–Crippen MR) is 103 cm³/mol. The van der Waals surface area contributed by atoms with Crippen molar-refractivity contribution in [1.82, 2.24) is 16.2 Å². The molecular weight excluding hydrogens is 352 g/mol. The number of benzene rings is 1. The standard InChI is InChI=1S/C18H24N4O3S/c23-15(19-14-9-5-2-6-10-14)11-12-16(24)21-22-18(26)20-17(25)13-7-3-1-4-8-13/h2,5-6,9-10,13H,1,3-4,7-8,11-12H2,(H,19,23)(H,21,24)(H2,20,22,25,26). The molecule has 7 nitrogen and oxygen atoms in total. The van der Waals surface area contributed by atoms with Crippen LogP contribution in [0, 0.1) is 5.92 Å². The van der Waals surface area contributed by atoms with Gasteiger partial charge < -0.3 is 10.6 Å². The molecule has 1 fully saturated rings. The number of para-hydroxylation sites is 1. The Morgan fingerprint density at radius 2 is 1.58 bits per heavy atom. The van der Waals surface area contributed by atoms with Crippen LogP contribution in [-0.4, -0.2) is 22.8 Å². The molecule has 0 unspecified atom stereocenters. The highest BCUT2D eigenvalue weighted by Crippen LogP contribution is 2.23. The molecule has 0 bridgehead atoms.